The minimum atomic E-state index is -0.331. The van der Waals surface area contributed by atoms with Crippen LogP contribution in [0.15, 0.2) is 88.1 Å². The quantitative estimate of drug-likeness (QED) is 0.487. The molecule has 128 valence electrons. The Labute approximate surface area is 151 Å². The van der Waals surface area contributed by atoms with Crippen LogP contribution in [0.2, 0.25) is 0 Å². The lowest BCUT2D eigenvalue weighted by atomic mass is 9.93. The van der Waals surface area contributed by atoms with Crippen molar-refractivity contribution in [3.63, 3.8) is 0 Å². The largest absolute Gasteiger partial charge is 0.497 e. The van der Waals surface area contributed by atoms with Gasteiger partial charge in [0.15, 0.2) is 0 Å². The second-order valence-electron chi connectivity index (χ2n) is 6.13. The molecular formula is C23H18O3. The molecule has 0 aliphatic rings. The van der Waals surface area contributed by atoms with Crippen molar-refractivity contribution in [3.05, 3.63) is 100 Å². The van der Waals surface area contributed by atoms with Gasteiger partial charge in [0.25, 0.3) is 0 Å². The van der Waals surface area contributed by atoms with Crippen molar-refractivity contribution < 1.29 is 9.15 Å². The Morgan fingerprint density at radius 1 is 0.885 bits per heavy atom. The molecule has 4 aromatic rings. The zero-order valence-electron chi connectivity index (χ0n) is 14.4. The summed E-state index contributed by atoms with van der Waals surface area (Å²) in [6.45, 7) is 0. The Hall–Kier alpha value is -3.33. The van der Waals surface area contributed by atoms with Gasteiger partial charge in [-0.05, 0) is 35.2 Å². The highest BCUT2D eigenvalue weighted by atomic mass is 16.5. The first-order valence-electron chi connectivity index (χ1n) is 8.49. The predicted octanol–water partition coefficient (Wildman–Crippen LogP) is 5.06. The van der Waals surface area contributed by atoms with E-state index >= 15 is 0 Å². The van der Waals surface area contributed by atoms with Crippen molar-refractivity contribution in [1.82, 2.24) is 0 Å². The molecule has 0 amide bonds. The summed E-state index contributed by atoms with van der Waals surface area (Å²) in [6.07, 6.45) is 0.652. The van der Waals surface area contributed by atoms with Gasteiger partial charge in [0.05, 0.1) is 12.7 Å². The van der Waals surface area contributed by atoms with Gasteiger partial charge in [-0.2, -0.15) is 0 Å². The molecular weight excluding hydrogens is 324 g/mol. The van der Waals surface area contributed by atoms with Crippen LogP contribution in [0.3, 0.4) is 0 Å². The number of hydrogen-bond donors (Lipinski definition) is 0. The number of methoxy groups -OCH3 is 1. The Morgan fingerprint density at radius 2 is 1.58 bits per heavy atom. The molecule has 0 bridgehead atoms. The van der Waals surface area contributed by atoms with E-state index in [2.05, 4.69) is 12.1 Å². The van der Waals surface area contributed by atoms with Gasteiger partial charge < -0.3 is 9.15 Å². The maximum absolute atomic E-state index is 12.8. The van der Waals surface area contributed by atoms with Gasteiger partial charge in [0.2, 0.25) is 0 Å². The molecule has 0 saturated carbocycles. The molecule has 0 aliphatic carbocycles. The van der Waals surface area contributed by atoms with Gasteiger partial charge in [-0.15, -0.1) is 0 Å². The van der Waals surface area contributed by atoms with E-state index in [0.29, 0.717) is 23.3 Å². The molecule has 0 fully saturated rings. The van der Waals surface area contributed by atoms with Crippen molar-refractivity contribution in [1.29, 1.82) is 0 Å². The number of fused-ring (bicyclic) bond motifs is 1. The highest BCUT2D eigenvalue weighted by molar-refractivity contribution is 5.88. The van der Waals surface area contributed by atoms with Crippen LogP contribution in [-0.4, -0.2) is 7.11 Å². The van der Waals surface area contributed by atoms with E-state index in [0.717, 1.165) is 22.1 Å². The Balaban J connectivity index is 2.01. The van der Waals surface area contributed by atoms with Gasteiger partial charge in [-0.3, -0.25) is 0 Å². The number of rotatable bonds is 4. The average Bonchev–Trinajstić information content (AvgIpc) is 2.69. The molecule has 0 saturated heterocycles. The molecule has 3 heteroatoms. The smallest absolute Gasteiger partial charge is 0.344 e. The lowest BCUT2D eigenvalue weighted by Crippen LogP contribution is -2.08. The summed E-state index contributed by atoms with van der Waals surface area (Å²) in [6, 6.07) is 25.4. The second kappa shape index (κ2) is 6.89. The lowest BCUT2D eigenvalue weighted by molar-refractivity contribution is 0.414. The van der Waals surface area contributed by atoms with Crippen molar-refractivity contribution in [2.45, 2.75) is 6.42 Å². The zero-order chi connectivity index (χ0) is 17.9. The molecule has 0 spiro atoms. The zero-order valence-corrected chi connectivity index (χ0v) is 14.4. The standard InChI is InChI=1S/C23H18O3/c1-25-18-12-13-19-20(14-16-8-4-2-5-9-16)22(17-10-6-3-7-11-17)23(24)26-21(19)15-18/h2-13,15H,14H2,1H3. The average molecular weight is 342 g/mol. The molecule has 4 rings (SSSR count). The Kier molecular flexibility index (Phi) is 4.28. The molecule has 0 aliphatic heterocycles. The predicted molar refractivity (Wildman–Crippen MR) is 104 cm³/mol. The van der Waals surface area contributed by atoms with Gasteiger partial charge in [-0.25, -0.2) is 4.79 Å². The maximum atomic E-state index is 12.8. The monoisotopic (exact) mass is 342 g/mol. The molecule has 0 radical (unpaired) electrons. The highest BCUT2D eigenvalue weighted by Crippen LogP contribution is 2.31. The maximum Gasteiger partial charge on any atom is 0.344 e. The fraction of sp³-hybridized carbons (Fsp3) is 0.0870. The van der Waals surface area contributed by atoms with Crippen molar-refractivity contribution in [2.24, 2.45) is 0 Å². The van der Waals surface area contributed by atoms with Crippen LogP contribution in [0, 0.1) is 0 Å². The van der Waals surface area contributed by atoms with Crippen LogP contribution >= 0.6 is 0 Å². The molecule has 0 unspecified atom stereocenters. The number of benzene rings is 3. The van der Waals surface area contributed by atoms with Crippen LogP contribution in [0.25, 0.3) is 22.1 Å². The van der Waals surface area contributed by atoms with Gasteiger partial charge >= 0.3 is 5.63 Å². The fourth-order valence-corrected chi connectivity index (χ4v) is 3.25. The summed E-state index contributed by atoms with van der Waals surface area (Å²) in [5, 5.41) is 0.924. The van der Waals surface area contributed by atoms with Crippen LogP contribution < -0.4 is 10.4 Å². The van der Waals surface area contributed by atoms with Crippen LogP contribution in [0.1, 0.15) is 11.1 Å². The fourth-order valence-electron chi connectivity index (χ4n) is 3.25. The molecule has 0 atom stereocenters. The van der Waals surface area contributed by atoms with Gasteiger partial charge in [0, 0.05) is 11.5 Å². The number of hydrogen-bond acceptors (Lipinski definition) is 3. The van der Waals surface area contributed by atoms with Crippen molar-refractivity contribution in [2.75, 3.05) is 7.11 Å². The third kappa shape index (κ3) is 3.00. The van der Waals surface area contributed by atoms with Crippen LogP contribution in [0.4, 0.5) is 0 Å². The minimum Gasteiger partial charge on any atom is -0.497 e. The van der Waals surface area contributed by atoms with Crippen molar-refractivity contribution >= 4 is 11.0 Å². The topological polar surface area (TPSA) is 39.4 Å². The summed E-state index contributed by atoms with van der Waals surface area (Å²) >= 11 is 0. The van der Waals surface area contributed by atoms with E-state index in [1.807, 2.05) is 60.7 Å². The third-order valence-corrected chi connectivity index (χ3v) is 4.51. The Bertz CT molecular complexity index is 1100. The van der Waals surface area contributed by atoms with E-state index in [1.54, 1.807) is 13.2 Å². The first-order valence-corrected chi connectivity index (χ1v) is 8.49. The van der Waals surface area contributed by atoms with Crippen LogP contribution in [0.5, 0.6) is 5.75 Å². The van der Waals surface area contributed by atoms with E-state index in [-0.39, 0.29) is 5.63 Å². The summed E-state index contributed by atoms with van der Waals surface area (Å²) in [5.41, 5.74) is 3.81. The van der Waals surface area contributed by atoms with Gasteiger partial charge in [0.1, 0.15) is 11.3 Å². The molecule has 1 heterocycles. The third-order valence-electron chi connectivity index (χ3n) is 4.51. The molecule has 26 heavy (non-hydrogen) atoms. The second-order valence-corrected chi connectivity index (χ2v) is 6.13. The SMILES string of the molecule is COc1ccc2c(Cc3ccccc3)c(-c3ccccc3)c(=O)oc2c1. The lowest BCUT2D eigenvalue weighted by Gasteiger charge is -2.13. The normalized spacial score (nSPS) is 10.8. The van der Waals surface area contributed by atoms with E-state index in [1.165, 1.54) is 0 Å². The summed E-state index contributed by atoms with van der Waals surface area (Å²) in [4.78, 5) is 12.8. The first kappa shape index (κ1) is 16.2. The molecule has 3 nitrogen and oxygen atoms in total. The molecule has 1 aromatic heterocycles. The van der Waals surface area contributed by atoms with Crippen LogP contribution in [-0.2, 0) is 6.42 Å². The summed E-state index contributed by atoms with van der Waals surface area (Å²) in [7, 11) is 1.60. The minimum absolute atomic E-state index is 0.331. The van der Waals surface area contributed by atoms with E-state index in [9.17, 15) is 4.79 Å². The number of ether oxygens (including phenoxy) is 1. The van der Waals surface area contributed by atoms with Crippen molar-refractivity contribution in [3.8, 4) is 16.9 Å². The van der Waals surface area contributed by atoms with Gasteiger partial charge in [-0.1, -0.05) is 60.7 Å². The molecule has 3 aromatic carbocycles. The highest BCUT2D eigenvalue weighted by Gasteiger charge is 2.17. The Morgan fingerprint density at radius 3 is 2.27 bits per heavy atom. The first-order chi connectivity index (χ1) is 12.8. The molecule has 0 N–H and O–H groups in total. The summed E-state index contributed by atoms with van der Waals surface area (Å²) < 4.78 is 10.9. The summed E-state index contributed by atoms with van der Waals surface area (Å²) in [5.74, 6) is 0.666. The van der Waals surface area contributed by atoms with E-state index < -0.39 is 0 Å². The van der Waals surface area contributed by atoms with E-state index in [4.69, 9.17) is 9.15 Å².